The van der Waals surface area contributed by atoms with Crippen LogP contribution in [-0.4, -0.2) is 16.2 Å². The number of phenolic OH excluding ortho intramolecular Hbond substituents is 1. The van der Waals surface area contributed by atoms with Gasteiger partial charge < -0.3 is 10.2 Å². The number of allylic oxidation sites excluding steroid dienone is 3. The zero-order valence-electron chi connectivity index (χ0n) is 17.1. The van der Waals surface area contributed by atoms with Crippen molar-refractivity contribution in [3.8, 4) is 5.75 Å². The van der Waals surface area contributed by atoms with Gasteiger partial charge in [0.05, 0.1) is 0 Å². The predicted molar refractivity (Wildman–Crippen MR) is 118 cm³/mol. The van der Waals surface area contributed by atoms with E-state index in [0.717, 1.165) is 23.6 Å². The molecule has 0 spiro atoms. The second kappa shape index (κ2) is 11.6. The Balaban J connectivity index is 0.000000280. The van der Waals surface area contributed by atoms with Crippen LogP contribution in [0.15, 0.2) is 72.8 Å². The lowest BCUT2D eigenvalue weighted by atomic mass is 9.89. The number of aryl methyl sites for hydroxylation is 1. The predicted octanol–water partition coefficient (Wildman–Crippen LogP) is 6.49. The Labute approximate surface area is 168 Å². The maximum atomic E-state index is 10.1. The summed E-state index contributed by atoms with van der Waals surface area (Å²) in [6.07, 6.45) is 11.6. The molecular weight excluding hydrogens is 348 g/mol. The van der Waals surface area contributed by atoms with E-state index in [9.17, 15) is 4.79 Å². The van der Waals surface area contributed by atoms with E-state index in [4.69, 9.17) is 10.2 Å². The van der Waals surface area contributed by atoms with Crippen LogP contribution in [0.5, 0.6) is 5.75 Å². The molecule has 0 aromatic heterocycles. The third kappa shape index (κ3) is 10.2. The number of hydrogen-bond donors (Lipinski definition) is 2. The van der Waals surface area contributed by atoms with Crippen molar-refractivity contribution < 1.29 is 15.0 Å². The van der Waals surface area contributed by atoms with Crippen LogP contribution >= 0.6 is 0 Å². The third-order valence-corrected chi connectivity index (χ3v) is 4.21. The molecule has 28 heavy (non-hydrogen) atoms. The van der Waals surface area contributed by atoms with Crippen molar-refractivity contribution in [3.63, 3.8) is 0 Å². The van der Waals surface area contributed by atoms with Crippen molar-refractivity contribution in [2.45, 2.75) is 34.1 Å². The van der Waals surface area contributed by atoms with Crippen molar-refractivity contribution in [2.75, 3.05) is 0 Å². The lowest BCUT2D eigenvalue weighted by molar-refractivity contribution is -0.131. The minimum absolute atomic E-state index is 0.248. The molecule has 0 aliphatic carbocycles. The highest BCUT2D eigenvalue weighted by molar-refractivity contribution is 5.80. The summed E-state index contributed by atoms with van der Waals surface area (Å²) in [7, 11) is 0. The lowest BCUT2D eigenvalue weighted by Gasteiger charge is -2.16. The van der Waals surface area contributed by atoms with Crippen LogP contribution in [-0.2, 0) is 4.79 Å². The first-order valence-electron chi connectivity index (χ1n) is 9.34. The van der Waals surface area contributed by atoms with E-state index in [0.29, 0.717) is 5.75 Å². The molecule has 0 aliphatic heterocycles. The second-order valence-corrected chi connectivity index (χ2v) is 7.24. The number of phenols is 1. The fraction of sp³-hybridized carbons (Fsp3) is 0.240. The van der Waals surface area contributed by atoms with Crippen molar-refractivity contribution in [3.05, 3.63) is 89.5 Å². The van der Waals surface area contributed by atoms with E-state index in [-0.39, 0.29) is 5.41 Å². The van der Waals surface area contributed by atoms with Crippen LogP contribution in [0.4, 0.5) is 0 Å². The van der Waals surface area contributed by atoms with E-state index < -0.39 is 5.97 Å². The molecule has 2 rings (SSSR count). The van der Waals surface area contributed by atoms with Crippen LogP contribution < -0.4 is 0 Å². The summed E-state index contributed by atoms with van der Waals surface area (Å²) < 4.78 is 0. The molecule has 0 saturated carbocycles. The quantitative estimate of drug-likeness (QED) is 0.446. The van der Waals surface area contributed by atoms with Crippen molar-refractivity contribution in [1.29, 1.82) is 0 Å². The van der Waals surface area contributed by atoms with E-state index in [1.165, 1.54) is 11.6 Å². The zero-order valence-corrected chi connectivity index (χ0v) is 17.1. The lowest BCUT2D eigenvalue weighted by Crippen LogP contribution is -2.03. The van der Waals surface area contributed by atoms with Crippen LogP contribution in [0.2, 0.25) is 0 Å². The van der Waals surface area contributed by atoms with Crippen molar-refractivity contribution in [1.82, 2.24) is 0 Å². The first-order chi connectivity index (χ1) is 13.2. The van der Waals surface area contributed by atoms with Gasteiger partial charge in [0.15, 0.2) is 0 Å². The molecule has 0 fully saturated rings. The van der Waals surface area contributed by atoms with E-state index >= 15 is 0 Å². The Hall–Kier alpha value is -3.07. The minimum Gasteiger partial charge on any atom is -0.508 e. The molecule has 2 N–H and O–H groups in total. The van der Waals surface area contributed by atoms with Gasteiger partial charge in [-0.2, -0.15) is 0 Å². The van der Waals surface area contributed by atoms with Gasteiger partial charge in [0.1, 0.15) is 5.75 Å². The van der Waals surface area contributed by atoms with Gasteiger partial charge in [0.25, 0.3) is 0 Å². The van der Waals surface area contributed by atoms with Gasteiger partial charge in [-0.05, 0) is 42.0 Å². The molecule has 0 atom stereocenters. The monoisotopic (exact) mass is 378 g/mol. The molecule has 0 heterocycles. The Bertz CT molecular complexity index is 825. The molecule has 3 nitrogen and oxygen atoms in total. The number of carbonyl (C=O) groups is 1. The van der Waals surface area contributed by atoms with Gasteiger partial charge in [-0.15, -0.1) is 0 Å². The van der Waals surface area contributed by atoms with E-state index in [1.54, 1.807) is 18.2 Å². The summed E-state index contributed by atoms with van der Waals surface area (Å²) in [5.74, 6) is -0.615. The fourth-order valence-electron chi connectivity index (χ4n) is 2.10. The largest absolute Gasteiger partial charge is 0.508 e. The van der Waals surface area contributed by atoms with Gasteiger partial charge in [-0.3, -0.25) is 0 Å². The molecule has 2 aromatic rings. The molecule has 0 radical (unpaired) electrons. The van der Waals surface area contributed by atoms with Crippen molar-refractivity contribution >= 4 is 18.1 Å². The molecule has 0 unspecified atom stereocenters. The van der Waals surface area contributed by atoms with Gasteiger partial charge in [-0.1, -0.05) is 93.1 Å². The van der Waals surface area contributed by atoms with Crippen LogP contribution in [0.3, 0.4) is 0 Å². The molecular formula is C25H30O3. The normalized spacial score (nSPS) is 11.7. The Morgan fingerprint density at radius 2 is 1.68 bits per heavy atom. The highest BCUT2D eigenvalue weighted by atomic mass is 16.4. The number of carboxylic acid groups (broad SMARTS) is 1. The Morgan fingerprint density at radius 3 is 2.25 bits per heavy atom. The Kier molecular flexibility index (Phi) is 9.52. The molecule has 3 heteroatoms. The van der Waals surface area contributed by atoms with Crippen LogP contribution in [0, 0.1) is 12.3 Å². The zero-order chi connectivity index (χ0) is 21.0. The van der Waals surface area contributed by atoms with Gasteiger partial charge in [0.2, 0.25) is 0 Å². The minimum atomic E-state index is -0.932. The second-order valence-electron chi connectivity index (χ2n) is 7.24. The summed E-state index contributed by atoms with van der Waals surface area (Å²) in [6.45, 7) is 8.62. The van der Waals surface area contributed by atoms with Gasteiger partial charge >= 0.3 is 5.97 Å². The number of hydrogen-bond acceptors (Lipinski definition) is 2. The van der Waals surface area contributed by atoms with Crippen molar-refractivity contribution in [2.24, 2.45) is 5.41 Å². The van der Waals surface area contributed by atoms with Crippen LogP contribution in [0.1, 0.15) is 43.9 Å². The molecule has 2 aromatic carbocycles. The van der Waals surface area contributed by atoms with Crippen LogP contribution in [0.25, 0.3) is 12.2 Å². The number of benzene rings is 2. The highest BCUT2D eigenvalue weighted by Gasteiger charge is 2.09. The first kappa shape index (κ1) is 23.0. The maximum Gasteiger partial charge on any atom is 0.328 e. The number of aliphatic carboxylic acids is 1. The summed E-state index contributed by atoms with van der Waals surface area (Å²) in [5, 5.41) is 17.4. The summed E-state index contributed by atoms with van der Waals surface area (Å²) in [4.78, 5) is 10.1. The summed E-state index contributed by atoms with van der Waals surface area (Å²) in [6, 6.07) is 15.2. The Morgan fingerprint density at radius 1 is 1.00 bits per heavy atom. The first-order valence-corrected chi connectivity index (χ1v) is 9.34. The number of carboxylic acids is 1. The summed E-state index contributed by atoms with van der Waals surface area (Å²) in [5.41, 5.74) is 3.64. The average molecular weight is 379 g/mol. The molecule has 0 saturated heterocycles. The maximum absolute atomic E-state index is 10.1. The van der Waals surface area contributed by atoms with E-state index in [2.05, 4.69) is 32.9 Å². The molecule has 0 bridgehead atoms. The van der Waals surface area contributed by atoms with Gasteiger partial charge in [0, 0.05) is 6.08 Å². The molecule has 0 amide bonds. The highest BCUT2D eigenvalue weighted by Crippen LogP contribution is 2.23. The third-order valence-electron chi connectivity index (χ3n) is 4.21. The summed E-state index contributed by atoms with van der Waals surface area (Å²) >= 11 is 0. The smallest absolute Gasteiger partial charge is 0.328 e. The van der Waals surface area contributed by atoms with E-state index in [1.807, 2.05) is 49.4 Å². The average Bonchev–Trinajstić information content (AvgIpc) is 2.65. The van der Waals surface area contributed by atoms with Gasteiger partial charge in [-0.25, -0.2) is 4.79 Å². The topological polar surface area (TPSA) is 57.5 Å². The standard InChI is InChI=1S/C13H18O.C12H12O2/c1-4-13(2,3)10-9-11-5-7-12(14)8-6-11;1-10-5-4-7-11(9-10)6-2-3-8-12(13)14/h5-10,14H,4H2,1-3H3;2-9H,1H3,(H,13,14). The number of rotatable bonds is 6. The SMILES string of the molecule is CCC(C)(C)C=Cc1ccc(O)cc1.Cc1cccc(C=CC=CC(=O)O)c1. The molecule has 148 valence electrons. The molecule has 0 aliphatic rings. The fourth-order valence-corrected chi connectivity index (χ4v) is 2.10. The number of aromatic hydroxyl groups is 1.